The fourth-order valence-corrected chi connectivity index (χ4v) is 3.30. The first-order valence-corrected chi connectivity index (χ1v) is 10.0. The molecule has 0 radical (unpaired) electrons. The maximum Gasteiger partial charge on any atom is 0.229 e. The Bertz CT molecular complexity index is 771. The van der Waals surface area contributed by atoms with Crippen LogP contribution in [0.5, 0.6) is 0 Å². The lowest BCUT2D eigenvalue weighted by Crippen LogP contribution is -2.29. The number of carbonyl (C=O) groups is 1. The smallest absolute Gasteiger partial charge is 0.229 e. The van der Waals surface area contributed by atoms with Crippen LogP contribution in [0.25, 0.3) is 0 Å². The highest BCUT2D eigenvalue weighted by Gasteiger charge is 2.10. The molecule has 1 aromatic carbocycles. The molecule has 0 unspecified atom stereocenters. The molecule has 1 aliphatic heterocycles. The molecule has 0 atom stereocenters. The number of aryl methyl sites for hydroxylation is 1. The third-order valence-electron chi connectivity index (χ3n) is 4.83. The second kappa shape index (κ2) is 10.0. The van der Waals surface area contributed by atoms with Crippen molar-refractivity contribution in [3.05, 3.63) is 41.6 Å². The van der Waals surface area contributed by atoms with Crippen LogP contribution in [0, 0.1) is 6.92 Å². The van der Waals surface area contributed by atoms with Crippen molar-refractivity contribution in [1.82, 2.24) is 20.2 Å². The monoisotopic (exact) mass is 382 g/mol. The SMILES string of the molecule is CC(=O)NCCNc1nc(Nc2ccc(CN3CCCCC3)cc2)ncc1C. The number of likely N-dealkylation sites (tertiary alicyclic amines) is 1. The van der Waals surface area contributed by atoms with E-state index in [4.69, 9.17) is 0 Å². The van der Waals surface area contributed by atoms with Crippen LogP contribution in [-0.4, -0.2) is 47.0 Å². The molecule has 0 spiro atoms. The summed E-state index contributed by atoms with van der Waals surface area (Å²) in [7, 11) is 0. The van der Waals surface area contributed by atoms with Gasteiger partial charge in [0.15, 0.2) is 0 Å². The van der Waals surface area contributed by atoms with Gasteiger partial charge in [0.25, 0.3) is 0 Å². The molecule has 1 aliphatic rings. The third-order valence-corrected chi connectivity index (χ3v) is 4.83. The minimum absolute atomic E-state index is 0.0349. The molecule has 2 aromatic rings. The summed E-state index contributed by atoms with van der Waals surface area (Å²) in [5.74, 6) is 1.29. The van der Waals surface area contributed by atoms with Gasteiger partial charge in [-0.15, -0.1) is 0 Å². The first kappa shape index (κ1) is 20.1. The van der Waals surface area contributed by atoms with Gasteiger partial charge < -0.3 is 16.0 Å². The summed E-state index contributed by atoms with van der Waals surface area (Å²) < 4.78 is 0. The number of anilines is 3. The zero-order chi connectivity index (χ0) is 19.8. The van der Waals surface area contributed by atoms with Crippen molar-refractivity contribution in [3.8, 4) is 0 Å². The van der Waals surface area contributed by atoms with Gasteiger partial charge in [0.1, 0.15) is 5.82 Å². The summed E-state index contributed by atoms with van der Waals surface area (Å²) in [6, 6.07) is 8.48. The van der Waals surface area contributed by atoms with Crippen LogP contribution in [0.4, 0.5) is 17.5 Å². The number of carbonyl (C=O) groups excluding carboxylic acids is 1. The Morgan fingerprint density at radius 1 is 1.11 bits per heavy atom. The molecule has 28 heavy (non-hydrogen) atoms. The zero-order valence-electron chi connectivity index (χ0n) is 16.8. The Balaban J connectivity index is 1.55. The zero-order valence-corrected chi connectivity index (χ0v) is 16.8. The van der Waals surface area contributed by atoms with Gasteiger partial charge in [-0.2, -0.15) is 4.98 Å². The lowest BCUT2D eigenvalue weighted by Gasteiger charge is -2.26. The predicted molar refractivity (Wildman–Crippen MR) is 113 cm³/mol. The second-order valence-electron chi connectivity index (χ2n) is 7.29. The molecule has 7 nitrogen and oxygen atoms in total. The molecule has 150 valence electrons. The predicted octanol–water partition coefficient (Wildman–Crippen LogP) is 3.06. The summed E-state index contributed by atoms with van der Waals surface area (Å²) in [5, 5.41) is 9.26. The van der Waals surface area contributed by atoms with Crippen molar-refractivity contribution >= 4 is 23.4 Å². The summed E-state index contributed by atoms with van der Waals surface area (Å²) in [6.07, 6.45) is 5.78. The molecule has 3 N–H and O–H groups in total. The highest BCUT2D eigenvalue weighted by atomic mass is 16.1. The molecular formula is C21H30N6O. The Kier molecular flexibility index (Phi) is 7.19. The van der Waals surface area contributed by atoms with Gasteiger partial charge in [-0.3, -0.25) is 9.69 Å². The highest BCUT2D eigenvalue weighted by Crippen LogP contribution is 2.19. The molecule has 2 heterocycles. The third kappa shape index (κ3) is 6.20. The first-order valence-electron chi connectivity index (χ1n) is 10.0. The minimum atomic E-state index is -0.0349. The normalized spacial score (nSPS) is 14.5. The maximum absolute atomic E-state index is 10.9. The molecule has 1 fully saturated rings. The van der Waals surface area contributed by atoms with Crippen LogP contribution in [0.3, 0.4) is 0 Å². The lowest BCUT2D eigenvalue weighted by molar-refractivity contribution is -0.118. The number of hydrogen-bond acceptors (Lipinski definition) is 6. The Labute approximate surface area is 167 Å². The number of nitrogens with zero attached hydrogens (tertiary/aromatic N) is 3. The average Bonchev–Trinajstić information content (AvgIpc) is 2.69. The van der Waals surface area contributed by atoms with E-state index in [9.17, 15) is 4.79 Å². The van der Waals surface area contributed by atoms with Gasteiger partial charge in [0.05, 0.1) is 0 Å². The van der Waals surface area contributed by atoms with Crippen molar-refractivity contribution in [2.45, 2.75) is 39.7 Å². The van der Waals surface area contributed by atoms with Crippen LogP contribution < -0.4 is 16.0 Å². The highest BCUT2D eigenvalue weighted by molar-refractivity contribution is 5.72. The van der Waals surface area contributed by atoms with E-state index in [2.05, 4.69) is 55.1 Å². The van der Waals surface area contributed by atoms with E-state index in [0.717, 1.165) is 23.6 Å². The maximum atomic E-state index is 10.9. The van der Waals surface area contributed by atoms with Crippen LogP contribution in [-0.2, 0) is 11.3 Å². The van der Waals surface area contributed by atoms with Gasteiger partial charge in [0.2, 0.25) is 11.9 Å². The van der Waals surface area contributed by atoms with Crippen molar-refractivity contribution in [1.29, 1.82) is 0 Å². The minimum Gasteiger partial charge on any atom is -0.368 e. The van der Waals surface area contributed by atoms with Gasteiger partial charge >= 0.3 is 0 Å². The van der Waals surface area contributed by atoms with Gasteiger partial charge in [-0.05, 0) is 50.6 Å². The topological polar surface area (TPSA) is 82.2 Å². The number of piperidine rings is 1. The Morgan fingerprint density at radius 3 is 2.57 bits per heavy atom. The van der Waals surface area contributed by atoms with E-state index in [1.54, 1.807) is 6.20 Å². The fraction of sp³-hybridized carbons (Fsp3) is 0.476. The molecule has 1 saturated heterocycles. The molecular weight excluding hydrogens is 352 g/mol. The lowest BCUT2D eigenvalue weighted by atomic mass is 10.1. The van der Waals surface area contributed by atoms with Crippen molar-refractivity contribution in [3.63, 3.8) is 0 Å². The van der Waals surface area contributed by atoms with Crippen molar-refractivity contribution in [2.24, 2.45) is 0 Å². The van der Waals surface area contributed by atoms with E-state index in [0.29, 0.717) is 19.0 Å². The first-order chi connectivity index (χ1) is 13.6. The molecule has 1 aromatic heterocycles. The number of hydrogen-bond donors (Lipinski definition) is 3. The van der Waals surface area contributed by atoms with Crippen LogP contribution in [0.15, 0.2) is 30.5 Å². The number of rotatable bonds is 8. The Morgan fingerprint density at radius 2 is 1.86 bits per heavy atom. The van der Waals surface area contributed by atoms with Gasteiger partial charge in [-0.1, -0.05) is 18.6 Å². The average molecular weight is 383 g/mol. The van der Waals surface area contributed by atoms with Crippen LogP contribution in [0.1, 0.15) is 37.3 Å². The second-order valence-corrected chi connectivity index (χ2v) is 7.29. The molecule has 1 amide bonds. The van der Waals surface area contributed by atoms with E-state index in [1.165, 1.54) is 44.8 Å². The fourth-order valence-electron chi connectivity index (χ4n) is 3.30. The molecule has 0 aliphatic carbocycles. The van der Waals surface area contributed by atoms with Gasteiger partial charge in [-0.25, -0.2) is 4.98 Å². The van der Waals surface area contributed by atoms with E-state index in [-0.39, 0.29) is 5.91 Å². The summed E-state index contributed by atoms with van der Waals surface area (Å²) in [5.41, 5.74) is 3.26. The molecule has 0 saturated carbocycles. The summed E-state index contributed by atoms with van der Waals surface area (Å²) in [6.45, 7) is 8.06. The van der Waals surface area contributed by atoms with Crippen LogP contribution in [0.2, 0.25) is 0 Å². The summed E-state index contributed by atoms with van der Waals surface area (Å²) in [4.78, 5) is 22.4. The largest absolute Gasteiger partial charge is 0.368 e. The van der Waals surface area contributed by atoms with Gasteiger partial charge in [0, 0.05) is 44.0 Å². The van der Waals surface area contributed by atoms with Crippen LogP contribution >= 0.6 is 0 Å². The van der Waals surface area contributed by atoms with Crippen molar-refractivity contribution < 1.29 is 4.79 Å². The molecule has 3 rings (SSSR count). The number of benzene rings is 1. The number of amides is 1. The number of nitrogens with one attached hydrogen (secondary N) is 3. The Hall–Kier alpha value is -2.67. The van der Waals surface area contributed by atoms with Crippen molar-refractivity contribution in [2.75, 3.05) is 36.8 Å². The standard InChI is InChI=1S/C21H30N6O/c1-16-14-24-21(26-20(16)23-11-10-22-17(2)28)25-19-8-6-18(7-9-19)15-27-12-4-3-5-13-27/h6-9,14H,3-5,10-13,15H2,1-2H3,(H,22,28)(H2,23,24,25,26). The molecule has 7 heteroatoms. The number of aromatic nitrogens is 2. The quantitative estimate of drug-likeness (QED) is 0.609. The summed E-state index contributed by atoms with van der Waals surface area (Å²) >= 11 is 0. The van der Waals surface area contributed by atoms with E-state index in [1.807, 2.05) is 6.92 Å². The molecule has 0 bridgehead atoms. The van der Waals surface area contributed by atoms with E-state index >= 15 is 0 Å². The van der Waals surface area contributed by atoms with E-state index < -0.39 is 0 Å².